The number of anilines is 1. The number of benzene rings is 2. The number of hydrogen-bond acceptors (Lipinski definition) is 5. The van der Waals surface area contributed by atoms with E-state index < -0.39 is 0 Å². The zero-order valence-electron chi connectivity index (χ0n) is 13.1. The molecule has 3 aromatic rings. The molecule has 124 valence electrons. The molecule has 0 spiro atoms. The molecule has 6 nitrogen and oxygen atoms in total. The van der Waals surface area contributed by atoms with Crippen LogP contribution >= 0.6 is 0 Å². The number of rotatable bonds is 6. The van der Waals surface area contributed by atoms with E-state index in [1.807, 2.05) is 12.1 Å². The molecule has 0 fully saturated rings. The van der Waals surface area contributed by atoms with E-state index >= 15 is 0 Å². The third-order valence-electron chi connectivity index (χ3n) is 3.32. The Hall–Kier alpha value is -2.93. The first-order valence-corrected chi connectivity index (χ1v) is 7.38. The minimum Gasteiger partial charge on any atom is -0.460 e. The Morgan fingerprint density at radius 1 is 1.12 bits per heavy atom. The quantitative estimate of drug-likeness (QED) is 0.556. The van der Waals surface area contributed by atoms with Gasteiger partial charge < -0.3 is 15.2 Å². The van der Waals surface area contributed by atoms with Crippen molar-refractivity contribution < 1.29 is 13.9 Å². The van der Waals surface area contributed by atoms with Crippen molar-refractivity contribution in [2.45, 2.75) is 0 Å². The molecule has 3 rings (SSSR count). The summed E-state index contributed by atoms with van der Waals surface area (Å²) in [6.07, 6.45) is 0. The molecule has 0 aliphatic heterocycles. The molecule has 1 aromatic heterocycles. The highest BCUT2D eigenvalue weighted by Crippen LogP contribution is 2.24. The second kappa shape index (κ2) is 7.10. The molecule has 0 saturated carbocycles. The lowest BCUT2D eigenvalue weighted by atomic mass is 10.2. The summed E-state index contributed by atoms with van der Waals surface area (Å²) in [6.45, 7) is 0.763. The van der Waals surface area contributed by atoms with Gasteiger partial charge in [0.05, 0.1) is 12.3 Å². The molecule has 24 heavy (non-hydrogen) atoms. The van der Waals surface area contributed by atoms with Gasteiger partial charge in [-0.25, -0.2) is 9.07 Å². The van der Waals surface area contributed by atoms with Gasteiger partial charge in [-0.2, -0.15) is 4.98 Å². The SMILES string of the molecule is COCCOc1nc(-c2ccc(F)cc2)n(-c2cccc(N)c2)n1. The van der Waals surface area contributed by atoms with Gasteiger partial charge in [-0.05, 0) is 42.5 Å². The lowest BCUT2D eigenvalue weighted by Crippen LogP contribution is -2.05. The van der Waals surface area contributed by atoms with Gasteiger partial charge in [0.15, 0.2) is 5.82 Å². The van der Waals surface area contributed by atoms with Crippen molar-refractivity contribution in [2.75, 3.05) is 26.1 Å². The number of halogens is 1. The van der Waals surface area contributed by atoms with Gasteiger partial charge in [0.2, 0.25) is 0 Å². The highest BCUT2D eigenvalue weighted by Gasteiger charge is 2.15. The summed E-state index contributed by atoms with van der Waals surface area (Å²) in [5.74, 6) is 0.221. The van der Waals surface area contributed by atoms with Crippen molar-refractivity contribution in [3.63, 3.8) is 0 Å². The van der Waals surface area contributed by atoms with Crippen LogP contribution in [0.15, 0.2) is 48.5 Å². The molecule has 0 atom stereocenters. The number of hydrogen-bond donors (Lipinski definition) is 1. The number of aromatic nitrogens is 3. The first-order valence-electron chi connectivity index (χ1n) is 7.38. The maximum Gasteiger partial charge on any atom is 0.336 e. The van der Waals surface area contributed by atoms with E-state index in [4.69, 9.17) is 15.2 Å². The fourth-order valence-electron chi connectivity index (χ4n) is 2.19. The van der Waals surface area contributed by atoms with Crippen molar-refractivity contribution in [3.05, 3.63) is 54.3 Å². The molecule has 0 amide bonds. The van der Waals surface area contributed by atoms with E-state index in [0.29, 0.717) is 30.3 Å². The van der Waals surface area contributed by atoms with Gasteiger partial charge >= 0.3 is 6.01 Å². The highest BCUT2D eigenvalue weighted by molar-refractivity contribution is 5.59. The Bertz CT molecular complexity index is 818. The summed E-state index contributed by atoms with van der Waals surface area (Å²) in [7, 11) is 1.59. The topological polar surface area (TPSA) is 75.2 Å². The van der Waals surface area contributed by atoms with Crippen molar-refractivity contribution in [2.24, 2.45) is 0 Å². The Balaban J connectivity index is 2.02. The number of nitrogens with two attached hydrogens (primary N) is 1. The summed E-state index contributed by atoms with van der Waals surface area (Å²) in [5.41, 5.74) is 7.91. The van der Waals surface area contributed by atoms with E-state index in [-0.39, 0.29) is 11.8 Å². The van der Waals surface area contributed by atoms with Crippen LogP contribution in [0.5, 0.6) is 6.01 Å². The summed E-state index contributed by atoms with van der Waals surface area (Å²) >= 11 is 0. The molecule has 1 heterocycles. The monoisotopic (exact) mass is 328 g/mol. The molecule has 0 aliphatic carbocycles. The number of nitrogen functional groups attached to an aromatic ring is 1. The summed E-state index contributed by atoms with van der Waals surface area (Å²) in [5, 5.41) is 4.37. The van der Waals surface area contributed by atoms with Gasteiger partial charge in [-0.15, -0.1) is 5.10 Å². The van der Waals surface area contributed by atoms with Gasteiger partial charge in [0.25, 0.3) is 0 Å². The highest BCUT2D eigenvalue weighted by atomic mass is 19.1. The van der Waals surface area contributed by atoms with Crippen LogP contribution < -0.4 is 10.5 Å². The number of ether oxygens (including phenoxy) is 2. The van der Waals surface area contributed by atoms with Crippen molar-refractivity contribution in [3.8, 4) is 23.1 Å². The first-order chi connectivity index (χ1) is 11.7. The molecule has 0 unspecified atom stereocenters. The average molecular weight is 328 g/mol. The van der Waals surface area contributed by atoms with Crippen molar-refractivity contribution in [1.82, 2.24) is 14.8 Å². The molecular formula is C17H17FN4O2. The fraction of sp³-hybridized carbons (Fsp3) is 0.176. The molecule has 0 aliphatic rings. The van der Waals surface area contributed by atoms with Crippen LogP contribution in [-0.4, -0.2) is 35.1 Å². The van der Waals surface area contributed by atoms with Crippen LogP contribution in [0, 0.1) is 5.82 Å². The van der Waals surface area contributed by atoms with Crippen LogP contribution in [0.2, 0.25) is 0 Å². The molecule has 0 bridgehead atoms. The minimum absolute atomic E-state index is 0.216. The van der Waals surface area contributed by atoms with E-state index in [9.17, 15) is 4.39 Å². The van der Waals surface area contributed by atoms with Crippen LogP contribution in [0.1, 0.15) is 0 Å². The van der Waals surface area contributed by atoms with Gasteiger partial charge in [-0.3, -0.25) is 0 Å². The van der Waals surface area contributed by atoms with Crippen LogP contribution in [-0.2, 0) is 4.74 Å². The third kappa shape index (κ3) is 3.52. The van der Waals surface area contributed by atoms with Crippen LogP contribution in [0.25, 0.3) is 17.1 Å². The molecular weight excluding hydrogens is 311 g/mol. The lowest BCUT2D eigenvalue weighted by molar-refractivity contribution is 0.141. The molecule has 2 aromatic carbocycles. The second-order valence-electron chi connectivity index (χ2n) is 5.07. The van der Waals surface area contributed by atoms with Gasteiger partial charge in [0, 0.05) is 18.4 Å². The Morgan fingerprint density at radius 3 is 2.62 bits per heavy atom. The minimum atomic E-state index is -0.315. The van der Waals surface area contributed by atoms with Crippen LogP contribution in [0.3, 0.4) is 0 Å². The predicted octanol–water partition coefficient (Wildman–Crippen LogP) is 2.68. The summed E-state index contributed by atoms with van der Waals surface area (Å²) in [4.78, 5) is 4.40. The Kier molecular flexibility index (Phi) is 4.72. The fourth-order valence-corrected chi connectivity index (χ4v) is 2.19. The predicted molar refractivity (Wildman–Crippen MR) is 88.5 cm³/mol. The molecule has 0 radical (unpaired) electrons. The maximum atomic E-state index is 13.2. The number of nitrogens with zero attached hydrogens (tertiary/aromatic N) is 3. The second-order valence-corrected chi connectivity index (χ2v) is 5.07. The Morgan fingerprint density at radius 2 is 1.92 bits per heavy atom. The normalized spacial score (nSPS) is 10.8. The standard InChI is InChI=1S/C17H17FN4O2/c1-23-9-10-24-17-20-16(12-5-7-13(18)8-6-12)22(21-17)15-4-2-3-14(19)11-15/h2-8,11H,9-10,19H2,1H3. The third-order valence-corrected chi connectivity index (χ3v) is 3.32. The molecule has 2 N–H and O–H groups in total. The van der Waals surface area contributed by atoms with Crippen molar-refractivity contribution in [1.29, 1.82) is 0 Å². The number of methoxy groups -OCH3 is 1. The van der Waals surface area contributed by atoms with Crippen LogP contribution in [0.4, 0.5) is 10.1 Å². The van der Waals surface area contributed by atoms with Crippen molar-refractivity contribution >= 4 is 5.69 Å². The summed E-state index contributed by atoms with van der Waals surface area (Å²) in [6, 6.07) is 13.5. The van der Waals surface area contributed by atoms with E-state index in [1.54, 1.807) is 36.1 Å². The van der Waals surface area contributed by atoms with E-state index in [0.717, 1.165) is 5.69 Å². The zero-order chi connectivity index (χ0) is 16.9. The first kappa shape index (κ1) is 15.9. The smallest absolute Gasteiger partial charge is 0.336 e. The Labute approximate surface area is 138 Å². The van der Waals surface area contributed by atoms with Gasteiger partial charge in [-0.1, -0.05) is 6.07 Å². The maximum absolute atomic E-state index is 13.2. The van der Waals surface area contributed by atoms with Gasteiger partial charge in [0.1, 0.15) is 12.4 Å². The molecule has 7 heteroatoms. The van der Waals surface area contributed by atoms with E-state index in [1.165, 1.54) is 12.1 Å². The average Bonchev–Trinajstić information content (AvgIpc) is 3.00. The lowest BCUT2D eigenvalue weighted by Gasteiger charge is -2.06. The largest absolute Gasteiger partial charge is 0.460 e. The van der Waals surface area contributed by atoms with E-state index in [2.05, 4.69) is 10.1 Å². The zero-order valence-corrected chi connectivity index (χ0v) is 13.1. The molecule has 0 saturated heterocycles. The summed E-state index contributed by atoms with van der Waals surface area (Å²) < 4.78 is 25.3.